The van der Waals surface area contributed by atoms with Crippen molar-refractivity contribution in [3.8, 4) is 11.5 Å². The number of fused-ring (bicyclic) bond motifs is 1. The smallest absolute Gasteiger partial charge is 0.225 e. The third-order valence-electron chi connectivity index (χ3n) is 5.71. The number of hydrogen-bond donors (Lipinski definition) is 1. The molecule has 0 saturated heterocycles. The molecule has 170 valence electrons. The number of amides is 1. The highest BCUT2D eigenvalue weighted by Gasteiger charge is 2.18. The van der Waals surface area contributed by atoms with Crippen molar-refractivity contribution in [3.63, 3.8) is 0 Å². The fourth-order valence-corrected chi connectivity index (χ4v) is 4.08. The highest BCUT2D eigenvalue weighted by Crippen LogP contribution is 2.25. The minimum Gasteiger partial charge on any atom is -0.311 e. The molecule has 3 aromatic heterocycles. The molecule has 0 aliphatic carbocycles. The number of rotatable bonds is 6. The minimum atomic E-state index is -0.0821. The molecule has 0 atom stereocenters. The van der Waals surface area contributed by atoms with Crippen LogP contribution in [0.25, 0.3) is 22.5 Å². The lowest BCUT2D eigenvalue weighted by Gasteiger charge is -2.10. The number of carbonyl (C=O) groups excluding carboxylic acids is 1. The maximum absolute atomic E-state index is 12.7. The van der Waals surface area contributed by atoms with Gasteiger partial charge in [-0.15, -0.1) is 0 Å². The van der Waals surface area contributed by atoms with Crippen molar-refractivity contribution in [1.82, 2.24) is 29.5 Å². The van der Waals surface area contributed by atoms with Gasteiger partial charge >= 0.3 is 0 Å². The summed E-state index contributed by atoms with van der Waals surface area (Å²) in [6, 6.07) is 18.0. The maximum Gasteiger partial charge on any atom is 0.225 e. The van der Waals surface area contributed by atoms with Gasteiger partial charge < -0.3 is 5.32 Å². The molecule has 1 amide bonds. The van der Waals surface area contributed by atoms with Gasteiger partial charge in [0.05, 0.1) is 23.0 Å². The highest BCUT2D eigenvalue weighted by atomic mass is 16.1. The van der Waals surface area contributed by atoms with Crippen molar-refractivity contribution in [3.05, 3.63) is 89.5 Å². The van der Waals surface area contributed by atoms with E-state index in [-0.39, 0.29) is 5.91 Å². The van der Waals surface area contributed by atoms with E-state index in [2.05, 4.69) is 51.5 Å². The number of aromatic nitrogens is 6. The van der Waals surface area contributed by atoms with Gasteiger partial charge in [0.15, 0.2) is 11.5 Å². The Balaban J connectivity index is 1.46. The molecule has 0 aliphatic heterocycles. The molecule has 2 aromatic carbocycles. The van der Waals surface area contributed by atoms with Crippen LogP contribution in [0, 0.1) is 20.8 Å². The highest BCUT2D eigenvalue weighted by molar-refractivity contribution is 5.91. The molecule has 0 radical (unpaired) electrons. The summed E-state index contributed by atoms with van der Waals surface area (Å²) >= 11 is 0. The second kappa shape index (κ2) is 8.90. The summed E-state index contributed by atoms with van der Waals surface area (Å²) in [7, 11) is 0. The molecule has 0 aliphatic rings. The molecule has 1 N–H and O–H groups in total. The molecule has 8 heteroatoms. The molecule has 5 aromatic rings. The van der Waals surface area contributed by atoms with Crippen LogP contribution in [-0.4, -0.2) is 35.4 Å². The second-order valence-corrected chi connectivity index (χ2v) is 8.40. The third kappa shape index (κ3) is 4.17. The Labute approximate surface area is 197 Å². The van der Waals surface area contributed by atoms with E-state index in [1.807, 2.05) is 54.1 Å². The van der Waals surface area contributed by atoms with Gasteiger partial charge in [-0.3, -0.25) is 4.79 Å². The lowest BCUT2D eigenvalue weighted by atomic mass is 10.1. The lowest BCUT2D eigenvalue weighted by molar-refractivity contribution is -0.116. The van der Waals surface area contributed by atoms with Crippen LogP contribution in [0.1, 0.15) is 28.8 Å². The Morgan fingerprint density at radius 1 is 0.971 bits per heavy atom. The minimum absolute atomic E-state index is 0.0821. The van der Waals surface area contributed by atoms with Gasteiger partial charge in [-0.05, 0) is 44.4 Å². The van der Waals surface area contributed by atoms with Crippen molar-refractivity contribution in [2.24, 2.45) is 0 Å². The topological polar surface area (TPSA) is 90.5 Å². The first kappa shape index (κ1) is 21.5. The van der Waals surface area contributed by atoms with Crippen LogP contribution in [0.2, 0.25) is 0 Å². The van der Waals surface area contributed by atoms with Gasteiger partial charge in [0.2, 0.25) is 5.91 Å². The van der Waals surface area contributed by atoms with Crippen molar-refractivity contribution in [2.75, 3.05) is 5.32 Å². The monoisotopic (exact) mass is 451 g/mol. The maximum atomic E-state index is 12.7. The Bertz CT molecular complexity index is 1480. The van der Waals surface area contributed by atoms with Crippen LogP contribution in [-0.2, 0) is 11.2 Å². The summed E-state index contributed by atoms with van der Waals surface area (Å²) in [6.45, 7) is 6.00. The van der Waals surface area contributed by atoms with E-state index in [1.165, 1.54) is 11.9 Å². The number of aryl methyl sites for hydroxylation is 4. The van der Waals surface area contributed by atoms with Gasteiger partial charge in [-0.2, -0.15) is 14.9 Å². The molecule has 0 spiro atoms. The van der Waals surface area contributed by atoms with Gasteiger partial charge in [-0.25, -0.2) is 14.6 Å². The van der Waals surface area contributed by atoms with E-state index < -0.39 is 0 Å². The van der Waals surface area contributed by atoms with Crippen LogP contribution in [0.4, 0.5) is 5.82 Å². The average molecular weight is 452 g/mol. The molecule has 34 heavy (non-hydrogen) atoms. The first-order valence-electron chi connectivity index (χ1n) is 11.2. The van der Waals surface area contributed by atoms with E-state index in [0.29, 0.717) is 30.1 Å². The summed E-state index contributed by atoms with van der Waals surface area (Å²) in [6.07, 6.45) is 4.28. The predicted molar refractivity (Wildman–Crippen MR) is 131 cm³/mol. The zero-order chi connectivity index (χ0) is 23.7. The van der Waals surface area contributed by atoms with Crippen molar-refractivity contribution in [1.29, 1.82) is 0 Å². The van der Waals surface area contributed by atoms with Crippen molar-refractivity contribution < 1.29 is 4.79 Å². The van der Waals surface area contributed by atoms with E-state index in [0.717, 1.165) is 27.9 Å². The SMILES string of the molecule is Cc1ccc(-n2ncc3c(-n4nc(C)cc4NC(=O)CCc4ccccc4)ncnc32)c(C)c1. The van der Waals surface area contributed by atoms with Gasteiger partial charge in [0, 0.05) is 12.5 Å². The second-order valence-electron chi connectivity index (χ2n) is 8.40. The number of hydrogen-bond acceptors (Lipinski definition) is 5. The van der Waals surface area contributed by atoms with Gasteiger partial charge in [-0.1, -0.05) is 48.0 Å². The van der Waals surface area contributed by atoms with Crippen molar-refractivity contribution >= 4 is 22.8 Å². The number of carbonyl (C=O) groups is 1. The molecule has 5 rings (SSSR count). The Hall–Kier alpha value is -4.33. The van der Waals surface area contributed by atoms with Crippen LogP contribution in [0.3, 0.4) is 0 Å². The number of nitrogens with one attached hydrogen (secondary N) is 1. The van der Waals surface area contributed by atoms with Crippen LogP contribution >= 0.6 is 0 Å². The molecule has 0 bridgehead atoms. The fraction of sp³-hybridized carbons (Fsp3) is 0.192. The normalized spacial score (nSPS) is 11.1. The van der Waals surface area contributed by atoms with Crippen molar-refractivity contribution in [2.45, 2.75) is 33.6 Å². The van der Waals surface area contributed by atoms with Crippen LogP contribution < -0.4 is 5.32 Å². The quantitative estimate of drug-likeness (QED) is 0.411. The van der Waals surface area contributed by atoms with Crippen LogP contribution in [0.5, 0.6) is 0 Å². The van der Waals surface area contributed by atoms with E-state index in [9.17, 15) is 4.79 Å². The number of nitrogens with zero attached hydrogens (tertiary/aromatic N) is 6. The summed E-state index contributed by atoms with van der Waals surface area (Å²) in [5.74, 6) is 1.04. The molecule has 0 saturated carbocycles. The largest absolute Gasteiger partial charge is 0.311 e. The fourth-order valence-electron chi connectivity index (χ4n) is 4.08. The van der Waals surface area contributed by atoms with E-state index in [4.69, 9.17) is 0 Å². The Morgan fingerprint density at radius 2 is 1.79 bits per heavy atom. The predicted octanol–water partition coefficient (Wildman–Crippen LogP) is 4.50. The van der Waals surface area contributed by atoms with Crippen LogP contribution in [0.15, 0.2) is 67.1 Å². The first-order chi connectivity index (χ1) is 16.5. The third-order valence-corrected chi connectivity index (χ3v) is 5.71. The first-order valence-corrected chi connectivity index (χ1v) is 11.2. The molecule has 3 heterocycles. The summed E-state index contributed by atoms with van der Waals surface area (Å²) in [5, 5.41) is 12.9. The Kier molecular flexibility index (Phi) is 5.63. The molecule has 0 unspecified atom stereocenters. The van der Waals surface area contributed by atoms with E-state index >= 15 is 0 Å². The average Bonchev–Trinajstić information content (AvgIpc) is 3.41. The standard InChI is InChI=1S/C26H25N7O/c1-17-9-11-22(18(2)13-17)32-25-21(15-29-32)26(28-16-27-25)33-23(14-19(3)31-33)30-24(34)12-10-20-7-5-4-6-8-20/h4-9,11,13-16H,10,12H2,1-3H3,(H,30,34). The molecule has 8 nitrogen and oxygen atoms in total. The lowest BCUT2D eigenvalue weighted by Crippen LogP contribution is -2.16. The summed E-state index contributed by atoms with van der Waals surface area (Å²) in [4.78, 5) is 21.7. The van der Waals surface area contributed by atoms with E-state index in [1.54, 1.807) is 10.9 Å². The summed E-state index contributed by atoms with van der Waals surface area (Å²) < 4.78 is 3.46. The molecular weight excluding hydrogens is 426 g/mol. The number of anilines is 1. The van der Waals surface area contributed by atoms with Gasteiger partial charge in [0.25, 0.3) is 0 Å². The number of benzene rings is 2. The molecular formula is C26H25N7O. The summed E-state index contributed by atoms with van der Waals surface area (Å²) in [5.41, 5.74) is 5.81. The Morgan fingerprint density at radius 3 is 2.59 bits per heavy atom. The molecule has 0 fully saturated rings. The zero-order valence-electron chi connectivity index (χ0n) is 19.4. The zero-order valence-corrected chi connectivity index (χ0v) is 19.4. The van der Waals surface area contributed by atoms with Gasteiger partial charge in [0.1, 0.15) is 12.1 Å².